The number of likely N-dealkylation sites (tertiary alicyclic amines) is 1. The average Bonchev–Trinajstić information content (AvgIpc) is 2.95. The molecule has 5 nitrogen and oxygen atoms in total. The van der Waals surface area contributed by atoms with Crippen molar-refractivity contribution in [2.75, 3.05) is 33.3 Å². The first-order chi connectivity index (χ1) is 11.6. The summed E-state index contributed by atoms with van der Waals surface area (Å²) in [5.74, 6) is -0.349. The molecule has 2 heterocycles. The molecule has 0 saturated carbocycles. The molecule has 1 atom stereocenters. The first-order valence-electron chi connectivity index (χ1n) is 8.21. The van der Waals surface area contributed by atoms with Gasteiger partial charge in [0.15, 0.2) is 0 Å². The highest BCUT2D eigenvalue weighted by Crippen LogP contribution is 2.35. The molecule has 0 aliphatic carbocycles. The van der Waals surface area contributed by atoms with Crippen molar-refractivity contribution < 1.29 is 22.7 Å². The SMILES string of the molecule is CN1CC[C@@H](CNC(=O)C(C)(C)COc2ncccc2C(F)(F)F)C1. The maximum absolute atomic E-state index is 12.9. The van der Waals surface area contributed by atoms with E-state index in [9.17, 15) is 18.0 Å². The van der Waals surface area contributed by atoms with Gasteiger partial charge in [-0.1, -0.05) is 0 Å². The smallest absolute Gasteiger partial charge is 0.421 e. The number of nitrogens with zero attached hydrogens (tertiary/aromatic N) is 2. The molecule has 1 saturated heterocycles. The molecule has 1 fully saturated rings. The van der Waals surface area contributed by atoms with Crippen LogP contribution < -0.4 is 10.1 Å². The van der Waals surface area contributed by atoms with Crippen molar-refractivity contribution in [3.8, 4) is 5.88 Å². The number of amides is 1. The predicted octanol–water partition coefficient (Wildman–Crippen LogP) is 2.57. The number of rotatable bonds is 6. The van der Waals surface area contributed by atoms with Crippen molar-refractivity contribution in [2.45, 2.75) is 26.4 Å². The maximum atomic E-state index is 12.9. The second-order valence-corrected chi connectivity index (χ2v) is 7.15. The minimum Gasteiger partial charge on any atom is -0.476 e. The zero-order valence-electron chi connectivity index (χ0n) is 14.7. The Morgan fingerprint density at radius 1 is 1.44 bits per heavy atom. The summed E-state index contributed by atoms with van der Waals surface area (Å²) >= 11 is 0. The Hall–Kier alpha value is -1.83. The van der Waals surface area contributed by atoms with Crippen molar-refractivity contribution in [1.82, 2.24) is 15.2 Å². The van der Waals surface area contributed by atoms with Crippen LogP contribution >= 0.6 is 0 Å². The van der Waals surface area contributed by atoms with Gasteiger partial charge in [-0.15, -0.1) is 0 Å². The standard InChI is InChI=1S/C17H24F3N3O2/c1-16(2,15(24)22-9-12-6-8-23(3)10-12)11-25-14-13(17(18,19)20)5-4-7-21-14/h4-5,7,12H,6,8-11H2,1-3H3,(H,22,24)/t12-/m0/s1. The van der Waals surface area contributed by atoms with Crippen LogP contribution in [0.3, 0.4) is 0 Å². The van der Waals surface area contributed by atoms with Crippen molar-refractivity contribution in [3.05, 3.63) is 23.9 Å². The van der Waals surface area contributed by atoms with Gasteiger partial charge >= 0.3 is 6.18 Å². The normalized spacial score (nSPS) is 19.0. The van der Waals surface area contributed by atoms with Gasteiger partial charge in [-0.25, -0.2) is 4.98 Å². The molecule has 1 aromatic heterocycles. The maximum Gasteiger partial charge on any atom is 0.421 e. The molecule has 25 heavy (non-hydrogen) atoms. The van der Waals surface area contributed by atoms with E-state index in [2.05, 4.69) is 15.2 Å². The van der Waals surface area contributed by atoms with Gasteiger partial charge in [0.05, 0.1) is 5.41 Å². The van der Waals surface area contributed by atoms with E-state index >= 15 is 0 Å². The monoisotopic (exact) mass is 359 g/mol. The second kappa shape index (κ2) is 7.59. The summed E-state index contributed by atoms with van der Waals surface area (Å²) in [6.45, 7) is 5.58. The minimum atomic E-state index is -4.55. The molecular formula is C17H24F3N3O2. The fourth-order valence-electron chi connectivity index (χ4n) is 2.71. The molecule has 140 valence electrons. The minimum absolute atomic E-state index is 0.191. The lowest BCUT2D eigenvalue weighted by Crippen LogP contribution is -2.43. The number of hydrogen-bond acceptors (Lipinski definition) is 4. The van der Waals surface area contributed by atoms with Crippen LogP contribution in [0.15, 0.2) is 18.3 Å². The highest BCUT2D eigenvalue weighted by molar-refractivity contribution is 5.81. The van der Waals surface area contributed by atoms with Crippen molar-refractivity contribution in [2.24, 2.45) is 11.3 Å². The first-order valence-corrected chi connectivity index (χ1v) is 8.21. The van der Waals surface area contributed by atoms with Crippen LogP contribution in [0, 0.1) is 11.3 Å². The molecule has 1 amide bonds. The number of nitrogens with one attached hydrogen (secondary N) is 1. The summed E-state index contributed by atoms with van der Waals surface area (Å²) in [7, 11) is 2.03. The molecular weight excluding hydrogens is 335 g/mol. The van der Waals surface area contributed by atoms with Crippen LogP contribution in [-0.2, 0) is 11.0 Å². The third-order valence-corrected chi connectivity index (χ3v) is 4.30. The number of carbonyl (C=O) groups excluding carboxylic acids is 1. The molecule has 1 aliphatic heterocycles. The number of ether oxygens (including phenoxy) is 1. The summed E-state index contributed by atoms with van der Waals surface area (Å²) < 4.78 is 44.1. The predicted molar refractivity (Wildman–Crippen MR) is 87.1 cm³/mol. The van der Waals surface area contributed by atoms with Crippen LogP contribution in [0.4, 0.5) is 13.2 Å². The molecule has 0 spiro atoms. The van der Waals surface area contributed by atoms with E-state index in [4.69, 9.17) is 4.74 Å². The van der Waals surface area contributed by atoms with Gasteiger partial charge in [0.2, 0.25) is 11.8 Å². The zero-order chi connectivity index (χ0) is 18.7. The van der Waals surface area contributed by atoms with Crippen molar-refractivity contribution in [1.29, 1.82) is 0 Å². The summed E-state index contributed by atoms with van der Waals surface area (Å²) in [6.07, 6.45) is -2.30. The van der Waals surface area contributed by atoms with Crippen LogP contribution in [0.25, 0.3) is 0 Å². The Balaban J connectivity index is 1.91. The lowest BCUT2D eigenvalue weighted by Gasteiger charge is -2.25. The summed E-state index contributed by atoms with van der Waals surface area (Å²) in [6, 6.07) is 2.11. The fraction of sp³-hybridized carbons (Fsp3) is 0.647. The Labute approximate surface area is 145 Å². The first kappa shape index (κ1) is 19.5. The fourth-order valence-corrected chi connectivity index (χ4v) is 2.71. The van der Waals surface area contributed by atoms with Gasteiger partial charge < -0.3 is 15.0 Å². The van der Waals surface area contributed by atoms with Crippen molar-refractivity contribution in [3.63, 3.8) is 0 Å². The summed E-state index contributed by atoms with van der Waals surface area (Å²) in [4.78, 5) is 18.2. The Morgan fingerprint density at radius 2 is 2.16 bits per heavy atom. The van der Waals surface area contributed by atoms with E-state index in [-0.39, 0.29) is 12.5 Å². The third-order valence-electron chi connectivity index (χ3n) is 4.30. The third kappa shape index (κ3) is 5.32. The van der Waals surface area contributed by atoms with Gasteiger partial charge in [-0.2, -0.15) is 13.2 Å². The van der Waals surface area contributed by atoms with Crippen LogP contribution in [-0.4, -0.2) is 49.1 Å². The number of pyridine rings is 1. The van der Waals surface area contributed by atoms with Crippen LogP contribution in [0.5, 0.6) is 5.88 Å². The van der Waals surface area contributed by atoms with E-state index in [0.29, 0.717) is 12.5 Å². The van der Waals surface area contributed by atoms with E-state index in [0.717, 1.165) is 25.6 Å². The largest absolute Gasteiger partial charge is 0.476 e. The Kier molecular flexibility index (Phi) is 5.92. The van der Waals surface area contributed by atoms with Crippen LogP contribution in [0.2, 0.25) is 0 Å². The van der Waals surface area contributed by atoms with E-state index < -0.39 is 23.0 Å². The zero-order valence-corrected chi connectivity index (χ0v) is 14.7. The van der Waals surface area contributed by atoms with E-state index in [1.807, 2.05) is 7.05 Å². The molecule has 1 aromatic rings. The van der Waals surface area contributed by atoms with Gasteiger partial charge in [-0.05, 0) is 51.9 Å². The number of halogens is 3. The topological polar surface area (TPSA) is 54.5 Å². The molecule has 0 unspecified atom stereocenters. The van der Waals surface area contributed by atoms with Gasteiger partial charge in [0, 0.05) is 19.3 Å². The van der Waals surface area contributed by atoms with Crippen LogP contribution in [0.1, 0.15) is 25.8 Å². The van der Waals surface area contributed by atoms with Gasteiger partial charge in [0.1, 0.15) is 12.2 Å². The molecule has 1 N–H and O–H groups in total. The lowest BCUT2D eigenvalue weighted by molar-refractivity contribution is -0.139. The molecule has 2 rings (SSSR count). The number of aromatic nitrogens is 1. The molecule has 1 aliphatic rings. The van der Waals surface area contributed by atoms with E-state index in [1.165, 1.54) is 12.3 Å². The average molecular weight is 359 g/mol. The van der Waals surface area contributed by atoms with E-state index in [1.54, 1.807) is 13.8 Å². The van der Waals surface area contributed by atoms with Crippen molar-refractivity contribution >= 4 is 5.91 Å². The number of hydrogen-bond donors (Lipinski definition) is 1. The number of carbonyl (C=O) groups is 1. The summed E-state index contributed by atoms with van der Waals surface area (Å²) in [5.41, 5.74) is -1.91. The Morgan fingerprint density at radius 3 is 2.76 bits per heavy atom. The molecule has 0 aromatic carbocycles. The quantitative estimate of drug-likeness (QED) is 0.848. The van der Waals surface area contributed by atoms with Gasteiger partial charge in [-0.3, -0.25) is 4.79 Å². The highest BCUT2D eigenvalue weighted by atomic mass is 19.4. The van der Waals surface area contributed by atoms with Gasteiger partial charge in [0.25, 0.3) is 0 Å². The summed E-state index contributed by atoms with van der Waals surface area (Å²) in [5, 5.41) is 2.88. The molecule has 0 radical (unpaired) electrons. The molecule has 0 bridgehead atoms. The second-order valence-electron chi connectivity index (χ2n) is 7.15. The highest BCUT2D eigenvalue weighted by Gasteiger charge is 2.36. The lowest BCUT2D eigenvalue weighted by atomic mass is 9.93. The number of alkyl halides is 3. The Bertz CT molecular complexity index is 605. The molecule has 8 heteroatoms.